The first-order valence-corrected chi connectivity index (χ1v) is 11.2. The number of benzene rings is 2. The minimum Gasteiger partial charge on any atom is -0.507 e. The summed E-state index contributed by atoms with van der Waals surface area (Å²) in [5.74, 6) is -1.40. The van der Waals surface area contributed by atoms with E-state index in [4.69, 9.17) is 4.74 Å². The Morgan fingerprint density at radius 1 is 1.16 bits per heavy atom. The SMILES string of the molecule is Cc1cccc(C2/C(=C(/O)c3ccc(Br)c(C)c3)C(=O)C(=O)N2CCCOC(C)C)c1. The van der Waals surface area contributed by atoms with Crippen molar-refractivity contribution in [3.05, 3.63) is 74.8 Å². The molecule has 0 bridgehead atoms. The molecule has 0 saturated carbocycles. The van der Waals surface area contributed by atoms with Crippen LogP contribution in [0, 0.1) is 13.8 Å². The van der Waals surface area contributed by atoms with E-state index in [1.54, 1.807) is 17.0 Å². The van der Waals surface area contributed by atoms with Crippen molar-refractivity contribution >= 4 is 33.4 Å². The zero-order chi connectivity index (χ0) is 22.7. The number of ketones is 1. The molecule has 164 valence electrons. The zero-order valence-corrected chi connectivity index (χ0v) is 19.9. The van der Waals surface area contributed by atoms with Gasteiger partial charge < -0.3 is 14.7 Å². The molecule has 0 spiro atoms. The number of hydrogen-bond acceptors (Lipinski definition) is 4. The summed E-state index contributed by atoms with van der Waals surface area (Å²) in [6.45, 7) is 8.65. The van der Waals surface area contributed by atoms with Gasteiger partial charge in [0.1, 0.15) is 5.76 Å². The lowest BCUT2D eigenvalue weighted by atomic mass is 9.94. The first-order valence-electron chi connectivity index (χ1n) is 10.4. The van der Waals surface area contributed by atoms with Gasteiger partial charge in [-0.2, -0.15) is 0 Å². The molecule has 1 amide bonds. The third kappa shape index (κ3) is 5.08. The molecule has 0 aliphatic carbocycles. The molecule has 31 heavy (non-hydrogen) atoms. The Morgan fingerprint density at radius 2 is 1.90 bits per heavy atom. The first kappa shape index (κ1) is 23.2. The Morgan fingerprint density at radius 3 is 2.55 bits per heavy atom. The fraction of sp³-hybridized carbons (Fsp3) is 0.360. The minimum atomic E-state index is -0.658. The molecule has 1 aliphatic rings. The van der Waals surface area contributed by atoms with Crippen LogP contribution in [0.1, 0.15) is 48.6 Å². The van der Waals surface area contributed by atoms with Crippen molar-refractivity contribution in [1.82, 2.24) is 4.90 Å². The highest BCUT2D eigenvalue weighted by atomic mass is 79.9. The number of ether oxygens (including phenoxy) is 1. The standard InChI is InChI=1S/C25H28BrNO4/c1-15(2)31-12-6-11-27-22(18-8-5-7-16(3)13-18)21(24(29)25(27)30)23(28)19-9-10-20(26)17(4)14-19/h5,7-10,13-15,22,28H,6,11-12H2,1-4H3/b23-21-. The van der Waals surface area contributed by atoms with Gasteiger partial charge >= 0.3 is 0 Å². The lowest BCUT2D eigenvalue weighted by Crippen LogP contribution is -2.31. The third-order valence-corrected chi connectivity index (χ3v) is 6.21. The van der Waals surface area contributed by atoms with Crippen LogP contribution in [0.25, 0.3) is 5.76 Å². The second kappa shape index (κ2) is 9.79. The molecule has 0 radical (unpaired) electrons. The van der Waals surface area contributed by atoms with E-state index in [9.17, 15) is 14.7 Å². The number of amides is 1. The molecule has 1 aliphatic heterocycles. The van der Waals surface area contributed by atoms with Gasteiger partial charge in [0, 0.05) is 23.2 Å². The van der Waals surface area contributed by atoms with Gasteiger partial charge in [-0.3, -0.25) is 9.59 Å². The molecule has 1 atom stereocenters. The van der Waals surface area contributed by atoms with Gasteiger partial charge in [-0.05, 0) is 57.4 Å². The molecule has 1 fully saturated rings. The average Bonchev–Trinajstić information content (AvgIpc) is 2.97. The van der Waals surface area contributed by atoms with Gasteiger partial charge in [0.15, 0.2) is 0 Å². The van der Waals surface area contributed by atoms with Crippen LogP contribution < -0.4 is 0 Å². The largest absolute Gasteiger partial charge is 0.507 e. The fourth-order valence-electron chi connectivity index (χ4n) is 3.80. The monoisotopic (exact) mass is 485 g/mol. The highest BCUT2D eigenvalue weighted by molar-refractivity contribution is 9.10. The van der Waals surface area contributed by atoms with Crippen LogP contribution in [0.15, 0.2) is 52.5 Å². The van der Waals surface area contributed by atoms with Crippen molar-refractivity contribution in [2.45, 2.75) is 46.3 Å². The van der Waals surface area contributed by atoms with Crippen molar-refractivity contribution in [2.24, 2.45) is 0 Å². The van der Waals surface area contributed by atoms with Crippen LogP contribution in [0.4, 0.5) is 0 Å². The molecule has 1 unspecified atom stereocenters. The van der Waals surface area contributed by atoms with E-state index >= 15 is 0 Å². The van der Waals surface area contributed by atoms with Crippen LogP contribution in [0.5, 0.6) is 0 Å². The number of carbonyl (C=O) groups is 2. The number of aryl methyl sites for hydroxylation is 2. The Bertz CT molecular complexity index is 1030. The maximum Gasteiger partial charge on any atom is 0.295 e. The number of aliphatic hydroxyl groups is 1. The van der Waals surface area contributed by atoms with Crippen molar-refractivity contribution in [2.75, 3.05) is 13.2 Å². The lowest BCUT2D eigenvalue weighted by molar-refractivity contribution is -0.140. The van der Waals surface area contributed by atoms with Crippen molar-refractivity contribution in [1.29, 1.82) is 0 Å². The lowest BCUT2D eigenvalue weighted by Gasteiger charge is -2.25. The summed E-state index contributed by atoms with van der Waals surface area (Å²) in [7, 11) is 0. The van der Waals surface area contributed by atoms with Crippen LogP contribution in [0.2, 0.25) is 0 Å². The highest BCUT2D eigenvalue weighted by Gasteiger charge is 2.45. The van der Waals surface area contributed by atoms with Crippen LogP contribution in [-0.2, 0) is 14.3 Å². The van der Waals surface area contributed by atoms with Crippen molar-refractivity contribution < 1.29 is 19.4 Å². The topological polar surface area (TPSA) is 66.8 Å². The molecule has 3 rings (SSSR count). The molecule has 2 aromatic carbocycles. The zero-order valence-electron chi connectivity index (χ0n) is 18.3. The second-order valence-corrected chi connectivity index (χ2v) is 9.00. The summed E-state index contributed by atoms with van der Waals surface area (Å²) < 4.78 is 6.51. The van der Waals surface area contributed by atoms with Gasteiger partial charge in [0.2, 0.25) is 0 Å². The quantitative estimate of drug-likeness (QED) is 0.250. The molecule has 1 heterocycles. The van der Waals surface area contributed by atoms with E-state index in [1.807, 2.05) is 58.0 Å². The summed E-state index contributed by atoms with van der Waals surface area (Å²) in [6.07, 6.45) is 0.703. The number of nitrogens with zero attached hydrogens (tertiary/aromatic N) is 1. The van der Waals surface area contributed by atoms with E-state index in [1.165, 1.54) is 0 Å². The van der Waals surface area contributed by atoms with E-state index in [0.717, 1.165) is 21.2 Å². The van der Waals surface area contributed by atoms with Crippen molar-refractivity contribution in [3.63, 3.8) is 0 Å². The maximum atomic E-state index is 13.0. The maximum absolute atomic E-state index is 13.0. The molecule has 1 saturated heterocycles. The number of hydrogen-bond donors (Lipinski definition) is 1. The van der Waals surface area contributed by atoms with Gasteiger partial charge in [0.05, 0.1) is 17.7 Å². The summed E-state index contributed by atoms with van der Waals surface area (Å²) in [6, 6.07) is 12.4. The second-order valence-electron chi connectivity index (χ2n) is 8.14. The van der Waals surface area contributed by atoms with E-state index in [0.29, 0.717) is 25.1 Å². The number of likely N-dealkylation sites (tertiary alicyclic amines) is 1. The fourth-order valence-corrected chi connectivity index (χ4v) is 4.05. The van der Waals surface area contributed by atoms with E-state index in [2.05, 4.69) is 15.9 Å². The van der Waals surface area contributed by atoms with Crippen LogP contribution in [0.3, 0.4) is 0 Å². The number of aliphatic hydroxyl groups excluding tert-OH is 1. The number of carbonyl (C=O) groups excluding carboxylic acids is 2. The number of rotatable bonds is 7. The Kier molecular flexibility index (Phi) is 7.34. The molecule has 6 heteroatoms. The van der Waals surface area contributed by atoms with Crippen LogP contribution >= 0.6 is 15.9 Å². The number of halogens is 1. The smallest absolute Gasteiger partial charge is 0.295 e. The van der Waals surface area contributed by atoms with E-state index in [-0.39, 0.29) is 17.4 Å². The van der Waals surface area contributed by atoms with Gasteiger partial charge in [-0.1, -0.05) is 51.8 Å². The molecular formula is C25H28BrNO4. The predicted octanol–water partition coefficient (Wildman–Crippen LogP) is 5.30. The highest BCUT2D eigenvalue weighted by Crippen LogP contribution is 2.40. The summed E-state index contributed by atoms with van der Waals surface area (Å²) >= 11 is 3.46. The third-order valence-electron chi connectivity index (χ3n) is 5.32. The van der Waals surface area contributed by atoms with Gasteiger partial charge in [-0.15, -0.1) is 0 Å². The Hall–Kier alpha value is -2.44. The Labute approximate surface area is 191 Å². The minimum absolute atomic E-state index is 0.101. The predicted molar refractivity (Wildman–Crippen MR) is 125 cm³/mol. The summed E-state index contributed by atoms with van der Waals surface area (Å²) in [5.41, 5.74) is 3.39. The van der Waals surface area contributed by atoms with Crippen LogP contribution in [-0.4, -0.2) is 41.0 Å². The summed E-state index contributed by atoms with van der Waals surface area (Å²) in [5, 5.41) is 11.1. The van der Waals surface area contributed by atoms with E-state index < -0.39 is 17.7 Å². The normalized spacial score (nSPS) is 18.3. The van der Waals surface area contributed by atoms with Gasteiger partial charge in [-0.25, -0.2) is 0 Å². The van der Waals surface area contributed by atoms with Gasteiger partial charge in [0.25, 0.3) is 11.7 Å². The molecule has 1 N–H and O–H groups in total. The molecule has 2 aromatic rings. The molecular weight excluding hydrogens is 458 g/mol. The van der Waals surface area contributed by atoms with Crippen molar-refractivity contribution in [3.8, 4) is 0 Å². The Balaban J connectivity index is 2.06. The first-order chi connectivity index (χ1) is 14.7. The molecule has 0 aromatic heterocycles. The number of Topliss-reactive ketones (excluding diaryl/α,β-unsaturated/α-hetero) is 1. The average molecular weight is 486 g/mol. The summed E-state index contributed by atoms with van der Waals surface area (Å²) in [4.78, 5) is 27.5. The molecule has 5 nitrogen and oxygen atoms in total.